The van der Waals surface area contributed by atoms with Crippen LogP contribution in [0.15, 0.2) is 12.1 Å². The van der Waals surface area contributed by atoms with E-state index in [0.717, 1.165) is 12.1 Å². The molecule has 0 saturated heterocycles. The van der Waals surface area contributed by atoms with Gasteiger partial charge in [-0.2, -0.15) is 0 Å². The summed E-state index contributed by atoms with van der Waals surface area (Å²) in [6, 6.07) is 1.33. The number of nitrogens with one attached hydrogen (secondary N) is 2. The summed E-state index contributed by atoms with van der Waals surface area (Å²) in [6.07, 6.45) is -0.0490. The van der Waals surface area contributed by atoms with Crippen LogP contribution >= 0.6 is 23.2 Å². The zero-order chi connectivity index (χ0) is 15.3. The van der Waals surface area contributed by atoms with Gasteiger partial charge in [0, 0.05) is 25.1 Å². The first kappa shape index (κ1) is 16.0. The van der Waals surface area contributed by atoms with Gasteiger partial charge in [-0.1, -0.05) is 23.2 Å². The Balaban J connectivity index is 2.67. The van der Waals surface area contributed by atoms with Gasteiger partial charge >= 0.3 is 6.03 Å². The molecule has 10 heteroatoms. The summed E-state index contributed by atoms with van der Waals surface area (Å²) >= 11 is 11.7. The number of rotatable bonds is 5. The van der Waals surface area contributed by atoms with Gasteiger partial charge in [0.15, 0.2) is 0 Å². The molecule has 108 valence electrons. The molecule has 0 radical (unpaired) electrons. The van der Waals surface area contributed by atoms with Crippen LogP contribution in [0.2, 0.25) is 10.0 Å². The number of halogens is 2. The number of hydrogen-bond donors (Lipinski definition) is 3. The number of nitrogens with two attached hydrogens (primary N) is 1. The standard InChI is InChI=1S/C10H10Cl2N4O4/c11-6-3-5(16(19)20)4-7(12)9(6)14-2-1-8(17)15-10(13)18/h3-4,14H,1-2H2,(H3,13,15,17,18). The van der Waals surface area contributed by atoms with E-state index in [1.807, 2.05) is 5.32 Å². The van der Waals surface area contributed by atoms with Gasteiger partial charge in [-0.05, 0) is 0 Å². The minimum Gasteiger partial charge on any atom is -0.382 e. The third-order valence-corrected chi connectivity index (χ3v) is 2.75. The van der Waals surface area contributed by atoms with Crippen molar-refractivity contribution in [2.24, 2.45) is 5.73 Å². The molecule has 0 heterocycles. The van der Waals surface area contributed by atoms with Gasteiger partial charge in [-0.15, -0.1) is 0 Å². The number of carbonyl (C=O) groups is 2. The van der Waals surface area contributed by atoms with E-state index in [0.29, 0.717) is 0 Å². The topological polar surface area (TPSA) is 127 Å². The van der Waals surface area contributed by atoms with Gasteiger partial charge in [-0.25, -0.2) is 4.79 Å². The minimum absolute atomic E-state index is 0.0490. The Kier molecular flexibility index (Phi) is 5.53. The number of nitrogens with zero attached hydrogens (tertiary/aromatic N) is 1. The van der Waals surface area contributed by atoms with Gasteiger partial charge in [0.05, 0.1) is 20.7 Å². The molecule has 0 unspecified atom stereocenters. The Morgan fingerprint density at radius 1 is 1.30 bits per heavy atom. The van der Waals surface area contributed by atoms with Crippen LogP contribution in [0.25, 0.3) is 0 Å². The number of hydrogen-bond acceptors (Lipinski definition) is 5. The van der Waals surface area contributed by atoms with Gasteiger partial charge in [0.2, 0.25) is 5.91 Å². The van der Waals surface area contributed by atoms with Crippen LogP contribution in [-0.2, 0) is 4.79 Å². The van der Waals surface area contributed by atoms with Crippen LogP contribution in [0.4, 0.5) is 16.2 Å². The Bertz CT molecular complexity index is 541. The quantitative estimate of drug-likeness (QED) is 0.564. The highest BCUT2D eigenvalue weighted by atomic mass is 35.5. The maximum Gasteiger partial charge on any atom is 0.318 e. The monoisotopic (exact) mass is 320 g/mol. The average molecular weight is 321 g/mol. The van der Waals surface area contributed by atoms with Crippen LogP contribution in [0.5, 0.6) is 0 Å². The molecule has 0 fully saturated rings. The van der Waals surface area contributed by atoms with Crippen LogP contribution in [0, 0.1) is 10.1 Å². The van der Waals surface area contributed by atoms with E-state index in [1.165, 1.54) is 0 Å². The minimum atomic E-state index is -0.943. The fourth-order valence-electron chi connectivity index (χ4n) is 1.33. The van der Waals surface area contributed by atoms with Gasteiger partial charge < -0.3 is 11.1 Å². The summed E-state index contributed by atoms with van der Waals surface area (Å²) in [5, 5.41) is 15.3. The zero-order valence-corrected chi connectivity index (χ0v) is 11.5. The molecule has 0 aliphatic heterocycles. The maximum atomic E-state index is 11.1. The highest BCUT2D eigenvalue weighted by molar-refractivity contribution is 6.39. The van der Waals surface area contributed by atoms with Crippen molar-refractivity contribution < 1.29 is 14.5 Å². The first-order chi connectivity index (χ1) is 9.31. The van der Waals surface area contributed by atoms with E-state index in [4.69, 9.17) is 28.9 Å². The lowest BCUT2D eigenvalue weighted by Crippen LogP contribution is -2.35. The lowest BCUT2D eigenvalue weighted by molar-refractivity contribution is -0.384. The second-order valence-electron chi connectivity index (χ2n) is 3.63. The molecule has 0 aliphatic rings. The number of urea groups is 1. The zero-order valence-electron chi connectivity index (χ0n) is 9.98. The molecular formula is C10H10Cl2N4O4. The molecule has 0 aromatic heterocycles. The number of imide groups is 1. The van der Waals surface area contributed by atoms with Crippen LogP contribution in [0.1, 0.15) is 6.42 Å². The SMILES string of the molecule is NC(=O)NC(=O)CCNc1c(Cl)cc([N+](=O)[O-])cc1Cl. The third kappa shape index (κ3) is 4.56. The Morgan fingerprint density at radius 2 is 1.85 bits per heavy atom. The van der Waals surface area contributed by atoms with Crippen LogP contribution in [-0.4, -0.2) is 23.4 Å². The molecule has 1 aromatic carbocycles. The van der Waals surface area contributed by atoms with E-state index in [2.05, 4.69) is 5.32 Å². The normalized spacial score (nSPS) is 9.90. The lowest BCUT2D eigenvalue weighted by Gasteiger charge is -2.10. The number of primary amides is 1. The van der Waals surface area contributed by atoms with Crippen molar-refractivity contribution in [3.63, 3.8) is 0 Å². The number of nitro benzene ring substituents is 1. The van der Waals surface area contributed by atoms with Gasteiger partial charge in [0.1, 0.15) is 0 Å². The third-order valence-electron chi connectivity index (χ3n) is 2.15. The lowest BCUT2D eigenvalue weighted by atomic mass is 10.2. The predicted octanol–water partition coefficient (Wildman–Crippen LogP) is 1.90. The highest BCUT2D eigenvalue weighted by Crippen LogP contribution is 2.34. The molecule has 8 nitrogen and oxygen atoms in total. The molecule has 0 aliphatic carbocycles. The maximum absolute atomic E-state index is 11.1. The number of nitro groups is 1. The number of non-ortho nitro benzene ring substituents is 1. The van der Waals surface area contributed by atoms with Gasteiger partial charge in [-0.3, -0.25) is 20.2 Å². The smallest absolute Gasteiger partial charge is 0.318 e. The molecule has 0 spiro atoms. The van der Waals surface area contributed by atoms with Crippen molar-refractivity contribution in [1.82, 2.24) is 5.32 Å². The second-order valence-corrected chi connectivity index (χ2v) is 4.45. The Hall–Kier alpha value is -2.06. The van der Waals surface area contributed by atoms with E-state index in [9.17, 15) is 19.7 Å². The summed E-state index contributed by atoms with van der Waals surface area (Å²) in [7, 11) is 0. The molecule has 1 rings (SSSR count). The molecular weight excluding hydrogens is 311 g/mol. The molecule has 0 saturated carbocycles. The first-order valence-electron chi connectivity index (χ1n) is 5.28. The summed E-state index contributed by atoms with van der Waals surface area (Å²) in [5.74, 6) is -0.570. The van der Waals surface area contributed by atoms with E-state index in [1.54, 1.807) is 0 Å². The molecule has 20 heavy (non-hydrogen) atoms. The number of anilines is 1. The molecule has 1 aromatic rings. The molecule has 0 bridgehead atoms. The predicted molar refractivity (Wildman–Crippen MR) is 73.9 cm³/mol. The van der Waals surface area contributed by atoms with E-state index < -0.39 is 16.9 Å². The Labute approximate surface area is 123 Å². The summed E-state index contributed by atoms with van der Waals surface area (Å²) < 4.78 is 0. The second kappa shape index (κ2) is 6.92. The molecule has 0 atom stereocenters. The van der Waals surface area contributed by atoms with E-state index in [-0.39, 0.29) is 34.4 Å². The van der Waals surface area contributed by atoms with Crippen molar-refractivity contribution in [1.29, 1.82) is 0 Å². The van der Waals surface area contributed by atoms with Crippen molar-refractivity contribution in [3.8, 4) is 0 Å². The molecule has 4 N–H and O–H groups in total. The summed E-state index contributed by atoms with van der Waals surface area (Å²) in [6.45, 7) is 0.121. The summed E-state index contributed by atoms with van der Waals surface area (Å²) in [5.41, 5.74) is 4.80. The molecule has 3 amide bonds. The average Bonchev–Trinajstić information content (AvgIpc) is 2.31. The number of benzene rings is 1. The highest BCUT2D eigenvalue weighted by Gasteiger charge is 2.14. The van der Waals surface area contributed by atoms with E-state index >= 15 is 0 Å². The van der Waals surface area contributed by atoms with Crippen molar-refractivity contribution in [2.75, 3.05) is 11.9 Å². The van der Waals surface area contributed by atoms with Gasteiger partial charge in [0.25, 0.3) is 5.69 Å². The Morgan fingerprint density at radius 3 is 2.30 bits per heavy atom. The van der Waals surface area contributed by atoms with Crippen LogP contribution < -0.4 is 16.4 Å². The fraction of sp³-hybridized carbons (Fsp3) is 0.200. The summed E-state index contributed by atoms with van der Waals surface area (Å²) in [4.78, 5) is 31.5. The van der Waals surface area contributed by atoms with Crippen LogP contribution in [0.3, 0.4) is 0 Å². The van der Waals surface area contributed by atoms with Crippen molar-refractivity contribution in [3.05, 3.63) is 32.3 Å². The van der Waals surface area contributed by atoms with Crippen molar-refractivity contribution in [2.45, 2.75) is 6.42 Å². The largest absolute Gasteiger partial charge is 0.382 e. The number of amides is 3. The fourth-order valence-corrected chi connectivity index (χ4v) is 1.94. The first-order valence-corrected chi connectivity index (χ1v) is 6.03. The number of carbonyl (C=O) groups excluding carboxylic acids is 2. The van der Waals surface area contributed by atoms with Crippen molar-refractivity contribution >= 4 is 46.5 Å².